The number of amides is 1. The van der Waals surface area contributed by atoms with Gasteiger partial charge in [-0.05, 0) is 62.5 Å². The molecule has 0 aliphatic rings. The summed E-state index contributed by atoms with van der Waals surface area (Å²) in [6.07, 6.45) is -0.0181. The summed E-state index contributed by atoms with van der Waals surface area (Å²) in [5.74, 6) is -1.04. The van der Waals surface area contributed by atoms with Crippen molar-refractivity contribution in [2.45, 2.75) is 20.0 Å². The van der Waals surface area contributed by atoms with E-state index in [0.29, 0.717) is 11.3 Å². The first kappa shape index (κ1) is 19.7. The number of anilines is 1. The second-order valence-corrected chi connectivity index (χ2v) is 6.44. The van der Waals surface area contributed by atoms with Crippen LogP contribution in [-0.2, 0) is 0 Å². The third-order valence-corrected chi connectivity index (χ3v) is 3.59. The number of rotatable bonds is 5. The van der Waals surface area contributed by atoms with E-state index in [1.54, 1.807) is 24.3 Å². The fourth-order valence-corrected chi connectivity index (χ4v) is 2.49. The second-order valence-electron chi connectivity index (χ2n) is 5.60. The molecule has 0 heterocycles. The standard InChI is InChI=1S/C18H17ClN2O4S/c1-10(2)25-13-5-3-4-11(8-13)16(22)21-18(26)20-15-7-6-12(19)9-14(15)17(23)24/h3-10H,1-2H3,(H,23,24)(H2,20,21,22,26). The molecule has 0 aliphatic heterocycles. The molecule has 0 aliphatic carbocycles. The van der Waals surface area contributed by atoms with Gasteiger partial charge in [-0.1, -0.05) is 17.7 Å². The topological polar surface area (TPSA) is 87.7 Å². The molecule has 1 amide bonds. The number of hydrogen-bond donors (Lipinski definition) is 3. The van der Waals surface area contributed by atoms with Crippen molar-refractivity contribution in [2.75, 3.05) is 5.32 Å². The van der Waals surface area contributed by atoms with Crippen molar-refractivity contribution in [1.82, 2.24) is 5.32 Å². The fourth-order valence-electron chi connectivity index (χ4n) is 2.11. The Kier molecular flexibility index (Phi) is 6.54. The molecule has 0 aromatic heterocycles. The molecule has 3 N–H and O–H groups in total. The highest BCUT2D eigenvalue weighted by Gasteiger charge is 2.14. The van der Waals surface area contributed by atoms with Gasteiger partial charge >= 0.3 is 5.97 Å². The third kappa shape index (κ3) is 5.44. The van der Waals surface area contributed by atoms with Gasteiger partial charge in [0.2, 0.25) is 0 Å². The lowest BCUT2D eigenvalue weighted by Gasteiger charge is -2.13. The molecule has 0 radical (unpaired) electrons. The van der Waals surface area contributed by atoms with E-state index in [1.165, 1.54) is 18.2 Å². The van der Waals surface area contributed by atoms with Crippen LogP contribution in [-0.4, -0.2) is 28.2 Å². The lowest BCUT2D eigenvalue weighted by Crippen LogP contribution is -2.34. The van der Waals surface area contributed by atoms with E-state index >= 15 is 0 Å². The van der Waals surface area contributed by atoms with Crippen molar-refractivity contribution in [2.24, 2.45) is 0 Å². The molecule has 2 aromatic rings. The Morgan fingerprint density at radius 3 is 2.58 bits per heavy atom. The van der Waals surface area contributed by atoms with E-state index in [2.05, 4.69) is 10.6 Å². The van der Waals surface area contributed by atoms with Gasteiger partial charge in [-0.2, -0.15) is 0 Å². The van der Waals surface area contributed by atoms with E-state index < -0.39 is 11.9 Å². The van der Waals surface area contributed by atoms with E-state index in [9.17, 15) is 14.7 Å². The summed E-state index contributed by atoms with van der Waals surface area (Å²) in [5.41, 5.74) is 0.535. The van der Waals surface area contributed by atoms with Crippen LogP contribution in [0.2, 0.25) is 5.02 Å². The van der Waals surface area contributed by atoms with Crippen molar-refractivity contribution in [3.63, 3.8) is 0 Å². The minimum Gasteiger partial charge on any atom is -0.491 e. The number of ether oxygens (including phenoxy) is 1. The Balaban J connectivity index is 2.09. The molecular weight excluding hydrogens is 376 g/mol. The van der Waals surface area contributed by atoms with E-state index in [4.69, 9.17) is 28.6 Å². The minimum absolute atomic E-state index is 0.0181. The Labute approximate surface area is 161 Å². The zero-order valence-corrected chi connectivity index (χ0v) is 15.6. The maximum Gasteiger partial charge on any atom is 0.337 e. The van der Waals surface area contributed by atoms with E-state index in [0.717, 1.165) is 0 Å². The summed E-state index contributed by atoms with van der Waals surface area (Å²) in [6, 6.07) is 11.0. The van der Waals surface area contributed by atoms with E-state index in [-0.39, 0.29) is 27.5 Å². The van der Waals surface area contributed by atoms with Crippen molar-refractivity contribution < 1.29 is 19.4 Å². The number of carboxylic acids is 1. The average Bonchev–Trinajstić information content (AvgIpc) is 2.55. The molecule has 0 atom stereocenters. The van der Waals surface area contributed by atoms with Crippen LogP contribution in [0.25, 0.3) is 0 Å². The van der Waals surface area contributed by atoms with Crippen LogP contribution in [0, 0.1) is 0 Å². The fraction of sp³-hybridized carbons (Fsp3) is 0.167. The highest BCUT2D eigenvalue weighted by Crippen LogP contribution is 2.21. The normalized spacial score (nSPS) is 10.3. The zero-order valence-electron chi connectivity index (χ0n) is 14.1. The SMILES string of the molecule is CC(C)Oc1cccc(C(=O)NC(=S)Nc2ccc(Cl)cc2C(=O)O)c1. The van der Waals surface area contributed by atoms with Crippen LogP contribution < -0.4 is 15.4 Å². The van der Waals surface area contributed by atoms with Crippen molar-refractivity contribution in [3.05, 3.63) is 58.6 Å². The summed E-state index contributed by atoms with van der Waals surface area (Å²) in [4.78, 5) is 23.6. The maximum atomic E-state index is 12.3. The summed E-state index contributed by atoms with van der Waals surface area (Å²) in [5, 5.41) is 14.7. The number of halogens is 1. The van der Waals surface area contributed by atoms with E-state index in [1.807, 2.05) is 13.8 Å². The predicted octanol–water partition coefficient (Wildman–Crippen LogP) is 3.95. The number of carboxylic acid groups (broad SMARTS) is 1. The van der Waals surface area contributed by atoms with Crippen LogP contribution >= 0.6 is 23.8 Å². The van der Waals surface area contributed by atoms with Gasteiger partial charge in [-0.15, -0.1) is 0 Å². The van der Waals surface area contributed by atoms with Gasteiger partial charge in [0.25, 0.3) is 5.91 Å². The van der Waals surface area contributed by atoms with Crippen LogP contribution in [0.3, 0.4) is 0 Å². The Hall–Kier alpha value is -2.64. The smallest absolute Gasteiger partial charge is 0.337 e. The largest absolute Gasteiger partial charge is 0.491 e. The summed E-state index contributed by atoms with van der Waals surface area (Å²) in [7, 11) is 0. The van der Waals surface area contributed by atoms with Crippen molar-refractivity contribution >= 4 is 46.5 Å². The van der Waals surface area contributed by atoms with Gasteiger partial charge < -0.3 is 15.2 Å². The van der Waals surface area contributed by atoms with Gasteiger partial charge in [0.05, 0.1) is 17.4 Å². The molecule has 0 fully saturated rings. The molecule has 6 nitrogen and oxygen atoms in total. The number of benzene rings is 2. The number of aromatic carboxylic acids is 1. The van der Waals surface area contributed by atoms with Crippen molar-refractivity contribution in [1.29, 1.82) is 0 Å². The first-order valence-electron chi connectivity index (χ1n) is 7.68. The molecule has 2 aromatic carbocycles. The highest BCUT2D eigenvalue weighted by atomic mass is 35.5. The number of thiocarbonyl (C=S) groups is 1. The second kappa shape index (κ2) is 8.64. The van der Waals surface area contributed by atoms with Crippen LogP contribution in [0.5, 0.6) is 5.75 Å². The molecule has 0 saturated carbocycles. The highest BCUT2D eigenvalue weighted by molar-refractivity contribution is 7.80. The summed E-state index contributed by atoms with van der Waals surface area (Å²) in [6.45, 7) is 3.77. The molecule has 0 saturated heterocycles. The van der Waals surface area contributed by atoms with Gasteiger partial charge in [-0.3, -0.25) is 10.1 Å². The molecule has 0 bridgehead atoms. The molecule has 8 heteroatoms. The van der Waals surface area contributed by atoms with Crippen LogP contribution in [0.15, 0.2) is 42.5 Å². The number of carbonyl (C=O) groups excluding carboxylic acids is 1. The number of hydrogen-bond acceptors (Lipinski definition) is 4. The average molecular weight is 393 g/mol. The molecular formula is C18H17ClN2O4S. The molecule has 26 heavy (non-hydrogen) atoms. The molecule has 0 unspecified atom stereocenters. The number of carbonyl (C=O) groups is 2. The van der Waals surface area contributed by atoms with Gasteiger partial charge in [0.1, 0.15) is 5.75 Å². The maximum absolute atomic E-state index is 12.3. The van der Waals surface area contributed by atoms with Crippen LogP contribution in [0.1, 0.15) is 34.6 Å². The Morgan fingerprint density at radius 2 is 1.92 bits per heavy atom. The van der Waals surface area contributed by atoms with Gasteiger partial charge in [0, 0.05) is 10.6 Å². The Bertz CT molecular complexity index is 855. The molecule has 0 spiro atoms. The molecule has 136 valence electrons. The summed E-state index contributed by atoms with van der Waals surface area (Å²) < 4.78 is 5.55. The lowest BCUT2D eigenvalue weighted by molar-refractivity contribution is 0.0697. The first-order chi connectivity index (χ1) is 12.3. The monoisotopic (exact) mass is 392 g/mol. The summed E-state index contributed by atoms with van der Waals surface area (Å²) >= 11 is 10.9. The first-order valence-corrected chi connectivity index (χ1v) is 8.47. The third-order valence-electron chi connectivity index (χ3n) is 3.16. The van der Waals surface area contributed by atoms with Gasteiger partial charge in [-0.25, -0.2) is 4.79 Å². The minimum atomic E-state index is -1.16. The Morgan fingerprint density at radius 1 is 1.19 bits per heavy atom. The molecule has 2 rings (SSSR count). The predicted molar refractivity (Wildman–Crippen MR) is 104 cm³/mol. The quantitative estimate of drug-likeness (QED) is 0.668. The number of nitrogens with one attached hydrogen (secondary N) is 2. The zero-order chi connectivity index (χ0) is 19.3. The van der Waals surface area contributed by atoms with Crippen molar-refractivity contribution in [3.8, 4) is 5.75 Å². The lowest BCUT2D eigenvalue weighted by atomic mass is 10.2. The van der Waals surface area contributed by atoms with Gasteiger partial charge in [0.15, 0.2) is 5.11 Å². The van der Waals surface area contributed by atoms with Crippen LogP contribution in [0.4, 0.5) is 5.69 Å².